The third-order valence-corrected chi connectivity index (χ3v) is 6.29. The molecular weight excluding hydrogens is 404 g/mol. The van der Waals surface area contributed by atoms with Gasteiger partial charge < -0.3 is 20.3 Å². The second kappa shape index (κ2) is 8.28. The first-order chi connectivity index (χ1) is 14.7. The van der Waals surface area contributed by atoms with Crippen molar-refractivity contribution >= 4 is 28.3 Å². The lowest BCUT2D eigenvalue weighted by atomic mass is 10.1. The van der Waals surface area contributed by atoms with Crippen molar-refractivity contribution in [1.82, 2.24) is 24.5 Å². The molecule has 1 aliphatic heterocycles. The first-order valence-electron chi connectivity index (χ1n) is 10.0. The van der Waals surface area contributed by atoms with Gasteiger partial charge in [-0.2, -0.15) is 0 Å². The number of rotatable bonds is 4. The van der Waals surface area contributed by atoms with Gasteiger partial charge in [-0.15, -0.1) is 11.3 Å². The Morgan fingerprint density at radius 1 is 1.17 bits per heavy atom. The van der Waals surface area contributed by atoms with Crippen LogP contribution in [0.5, 0.6) is 0 Å². The van der Waals surface area contributed by atoms with Gasteiger partial charge in [0, 0.05) is 24.0 Å². The van der Waals surface area contributed by atoms with Crippen LogP contribution in [0.15, 0.2) is 24.2 Å². The van der Waals surface area contributed by atoms with E-state index in [1.165, 1.54) is 30.5 Å². The van der Waals surface area contributed by atoms with Gasteiger partial charge in [-0.1, -0.05) is 18.8 Å². The monoisotopic (exact) mass is 426 g/mol. The minimum atomic E-state index is -1.12. The lowest BCUT2D eigenvalue weighted by molar-refractivity contribution is -0.0332. The van der Waals surface area contributed by atoms with Crippen molar-refractivity contribution in [1.29, 1.82) is 0 Å². The molecule has 3 aromatic heterocycles. The number of aliphatic hydroxyl groups excluding tert-OH is 2. The third kappa shape index (κ3) is 3.65. The molecule has 2 aliphatic rings. The fourth-order valence-corrected chi connectivity index (χ4v) is 4.55. The smallest absolute Gasteiger partial charge is 0.167 e. The molecule has 0 radical (unpaired) electrons. The van der Waals surface area contributed by atoms with Crippen LogP contribution < -0.4 is 5.32 Å². The maximum atomic E-state index is 10.6. The minimum absolute atomic E-state index is 0.282. The molecule has 1 aliphatic carbocycles. The van der Waals surface area contributed by atoms with Crippen molar-refractivity contribution in [3.05, 3.63) is 29.2 Å². The Labute approximate surface area is 177 Å². The second-order valence-corrected chi connectivity index (χ2v) is 8.46. The van der Waals surface area contributed by atoms with Crippen molar-refractivity contribution in [3.63, 3.8) is 0 Å². The topological polar surface area (TPSA) is 118 Å². The van der Waals surface area contributed by atoms with Crippen LogP contribution in [0, 0.1) is 11.8 Å². The van der Waals surface area contributed by atoms with Crippen molar-refractivity contribution in [3.8, 4) is 11.8 Å². The normalized spacial score (nSPS) is 26.7. The number of thiazole rings is 1. The minimum Gasteiger partial charge on any atom is -0.387 e. The number of imidazole rings is 1. The summed E-state index contributed by atoms with van der Waals surface area (Å²) in [5.74, 6) is 6.60. The number of anilines is 1. The van der Waals surface area contributed by atoms with Crippen LogP contribution >= 0.6 is 11.3 Å². The molecule has 10 heteroatoms. The highest BCUT2D eigenvalue weighted by Crippen LogP contribution is 2.33. The summed E-state index contributed by atoms with van der Waals surface area (Å²) in [6, 6.07) is 0.393. The van der Waals surface area contributed by atoms with Crippen LogP contribution in [-0.4, -0.2) is 59.1 Å². The van der Waals surface area contributed by atoms with E-state index in [0.29, 0.717) is 28.0 Å². The quantitative estimate of drug-likeness (QED) is 0.540. The van der Waals surface area contributed by atoms with Crippen LogP contribution in [0.4, 0.5) is 5.82 Å². The summed E-state index contributed by atoms with van der Waals surface area (Å²) in [6.07, 6.45) is 6.10. The van der Waals surface area contributed by atoms with E-state index >= 15 is 0 Å². The van der Waals surface area contributed by atoms with Crippen LogP contribution in [-0.2, 0) is 4.74 Å². The van der Waals surface area contributed by atoms with Crippen molar-refractivity contribution in [2.24, 2.45) is 0 Å². The van der Waals surface area contributed by atoms with Gasteiger partial charge in [0.15, 0.2) is 28.2 Å². The second-order valence-electron chi connectivity index (χ2n) is 7.56. The summed E-state index contributed by atoms with van der Waals surface area (Å²) >= 11 is 1.45. The van der Waals surface area contributed by atoms with E-state index in [1.807, 2.05) is 5.38 Å². The molecule has 0 unspecified atom stereocenters. The molecule has 0 amide bonds. The molecule has 30 heavy (non-hydrogen) atoms. The van der Waals surface area contributed by atoms with Gasteiger partial charge in [-0.3, -0.25) is 4.57 Å². The highest BCUT2D eigenvalue weighted by molar-refractivity contribution is 7.10. The zero-order valence-corrected chi connectivity index (χ0v) is 17.0. The molecule has 1 saturated heterocycles. The van der Waals surface area contributed by atoms with E-state index < -0.39 is 24.5 Å². The summed E-state index contributed by atoms with van der Waals surface area (Å²) in [6.45, 7) is 0. The first-order valence-corrected chi connectivity index (χ1v) is 10.9. The Balaban J connectivity index is 1.35. The van der Waals surface area contributed by atoms with E-state index in [0.717, 1.165) is 12.8 Å². The molecule has 4 atom stereocenters. The molecule has 156 valence electrons. The molecule has 0 aromatic carbocycles. The molecular formula is C20H22N6O3S. The zero-order chi connectivity index (χ0) is 20.5. The standard InChI is InChI=1S/C20H22N6O3S/c27-16-13(6-3-7-14-21-8-9-30-14)29-20(17(16)28)26-11-24-15-18(22-10-23-19(15)26)25-12-4-1-2-5-12/h8-13,16-17,20,27-28H,1-2,4-6H2,(H,22,23,25)/t13-,16-,17-,20-/m1/s1. The molecule has 1 saturated carbocycles. The van der Waals surface area contributed by atoms with E-state index in [1.54, 1.807) is 17.1 Å². The zero-order valence-electron chi connectivity index (χ0n) is 16.2. The van der Waals surface area contributed by atoms with Crippen molar-refractivity contribution in [2.75, 3.05) is 5.32 Å². The Morgan fingerprint density at radius 2 is 2.03 bits per heavy atom. The van der Waals surface area contributed by atoms with Gasteiger partial charge in [0.2, 0.25) is 0 Å². The Kier molecular flexibility index (Phi) is 5.35. The number of nitrogens with one attached hydrogen (secondary N) is 1. The SMILES string of the molecule is O[C@@H]1[C@H](O)[C@@H](CC#Cc2nccs2)O[C@H]1n1cnc2c(NC3CCCC3)ncnc21. The third-order valence-electron chi connectivity index (χ3n) is 5.60. The number of aromatic nitrogens is 5. The van der Waals surface area contributed by atoms with Crippen LogP contribution in [0.1, 0.15) is 43.3 Å². The summed E-state index contributed by atoms with van der Waals surface area (Å²) < 4.78 is 7.61. The highest BCUT2D eigenvalue weighted by atomic mass is 32.1. The molecule has 0 spiro atoms. The number of aliphatic hydroxyl groups is 2. The van der Waals surface area contributed by atoms with Crippen LogP contribution in [0.3, 0.4) is 0 Å². The lowest BCUT2D eigenvalue weighted by Gasteiger charge is -2.17. The number of ether oxygens (including phenoxy) is 1. The van der Waals surface area contributed by atoms with Crippen LogP contribution in [0.25, 0.3) is 11.2 Å². The molecule has 5 rings (SSSR count). The summed E-state index contributed by atoms with van der Waals surface area (Å²) in [7, 11) is 0. The van der Waals surface area contributed by atoms with E-state index in [4.69, 9.17) is 4.74 Å². The first kappa shape index (κ1) is 19.4. The molecule has 3 aromatic rings. The van der Waals surface area contributed by atoms with E-state index in [2.05, 4.69) is 37.1 Å². The fraction of sp³-hybridized carbons (Fsp3) is 0.500. The predicted octanol–water partition coefficient (Wildman–Crippen LogP) is 1.70. The van der Waals surface area contributed by atoms with Gasteiger partial charge in [0.25, 0.3) is 0 Å². The average molecular weight is 427 g/mol. The van der Waals surface area contributed by atoms with Gasteiger partial charge in [0.05, 0.1) is 12.4 Å². The summed E-state index contributed by atoms with van der Waals surface area (Å²) in [5.41, 5.74) is 1.18. The maximum absolute atomic E-state index is 10.6. The molecule has 4 heterocycles. The number of hydrogen-bond donors (Lipinski definition) is 3. The maximum Gasteiger partial charge on any atom is 0.167 e. The largest absolute Gasteiger partial charge is 0.387 e. The summed E-state index contributed by atoms with van der Waals surface area (Å²) in [4.78, 5) is 17.3. The average Bonchev–Trinajstić information content (AvgIpc) is 3.54. The molecule has 2 fully saturated rings. The fourth-order valence-electron chi connectivity index (χ4n) is 4.05. The number of hydrogen-bond acceptors (Lipinski definition) is 9. The Hall–Kier alpha value is -2.58. The van der Waals surface area contributed by atoms with Gasteiger partial charge in [0.1, 0.15) is 18.5 Å². The number of fused-ring (bicyclic) bond motifs is 1. The predicted molar refractivity (Wildman–Crippen MR) is 111 cm³/mol. The Morgan fingerprint density at radius 3 is 2.83 bits per heavy atom. The van der Waals surface area contributed by atoms with Gasteiger partial charge in [-0.05, 0) is 18.8 Å². The number of nitrogens with zero attached hydrogens (tertiary/aromatic N) is 5. The molecule has 3 N–H and O–H groups in total. The Bertz CT molecular complexity index is 1070. The summed E-state index contributed by atoms with van der Waals surface area (Å²) in [5, 5.41) is 27.1. The van der Waals surface area contributed by atoms with Gasteiger partial charge >= 0.3 is 0 Å². The highest BCUT2D eigenvalue weighted by Gasteiger charge is 2.44. The van der Waals surface area contributed by atoms with Crippen molar-refractivity contribution in [2.45, 2.75) is 62.7 Å². The lowest BCUT2D eigenvalue weighted by Crippen LogP contribution is -2.31. The molecule has 9 nitrogen and oxygen atoms in total. The van der Waals surface area contributed by atoms with E-state index in [9.17, 15) is 10.2 Å². The van der Waals surface area contributed by atoms with Crippen LogP contribution in [0.2, 0.25) is 0 Å². The van der Waals surface area contributed by atoms with E-state index in [-0.39, 0.29) is 6.42 Å². The van der Waals surface area contributed by atoms with Crippen molar-refractivity contribution < 1.29 is 14.9 Å². The molecule has 0 bridgehead atoms. The van der Waals surface area contributed by atoms with Gasteiger partial charge in [-0.25, -0.2) is 19.9 Å².